The van der Waals surface area contributed by atoms with Crippen molar-refractivity contribution in [1.29, 1.82) is 0 Å². The van der Waals surface area contributed by atoms with Crippen LogP contribution in [-0.2, 0) is 9.59 Å². The molecule has 11 heteroatoms. The largest absolute Gasteiger partial charge is 0.480 e. The fourth-order valence-electron chi connectivity index (χ4n) is 0.995. The summed E-state index contributed by atoms with van der Waals surface area (Å²) in [7, 11) is 0. The van der Waals surface area contributed by atoms with Crippen LogP contribution >= 0.6 is 0 Å². The average Bonchev–Trinajstić information content (AvgIpc) is 2.55. The molecule has 4 atom stereocenters. The summed E-state index contributed by atoms with van der Waals surface area (Å²) in [5.74, 6) is -1.68. The fourth-order valence-corrected chi connectivity index (χ4v) is 0.995. The second-order valence-electron chi connectivity index (χ2n) is 4.50. The molecule has 0 saturated heterocycles. The maximum Gasteiger partial charge on any atom is 0.320 e. The van der Waals surface area contributed by atoms with Crippen LogP contribution in [0.25, 0.3) is 0 Å². The Morgan fingerprint density at radius 2 is 0.957 bits per heavy atom. The third-order valence-corrected chi connectivity index (χ3v) is 3.08. The van der Waals surface area contributed by atoms with E-state index in [1.807, 2.05) is 27.7 Å². The number of hydrogen-bond donors (Lipinski definition) is 8. The lowest BCUT2D eigenvalue weighted by molar-refractivity contribution is -0.176. The van der Waals surface area contributed by atoms with Crippen molar-refractivity contribution in [3.05, 3.63) is 0 Å². The first-order valence-corrected chi connectivity index (χ1v) is 6.55. The predicted molar refractivity (Wildman–Crippen MR) is 84.3 cm³/mol. The van der Waals surface area contributed by atoms with Gasteiger partial charge in [0.1, 0.15) is 12.1 Å². The van der Waals surface area contributed by atoms with E-state index in [2.05, 4.69) is 0 Å². The van der Waals surface area contributed by atoms with Gasteiger partial charge in [0.15, 0.2) is 0 Å². The van der Waals surface area contributed by atoms with Gasteiger partial charge < -0.3 is 27.2 Å². The zero-order valence-electron chi connectivity index (χ0n) is 13.9. The molecule has 0 spiro atoms. The van der Waals surface area contributed by atoms with E-state index in [1.54, 1.807) is 0 Å². The molecule has 0 radical (unpaired) electrons. The highest BCUT2D eigenvalue weighted by atomic mass is 17.0. The molecule has 0 bridgehead atoms. The van der Waals surface area contributed by atoms with E-state index in [0.717, 1.165) is 12.8 Å². The molecule has 0 heterocycles. The van der Waals surface area contributed by atoms with E-state index in [9.17, 15) is 9.59 Å². The van der Waals surface area contributed by atoms with Gasteiger partial charge in [-0.25, -0.2) is 0 Å². The van der Waals surface area contributed by atoms with Crippen LogP contribution in [0, 0.1) is 11.8 Å². The first-order chi connectivity index (χ1) is 10.2. The van der Waals surface area contributed by atoms with Gasteiger partial charge in [-0.3, -0.25) is 30.6 Å². The monoisotopic (exact) mass is 348 g/mol. The maximum atomic E-state index is 10.2. The number of carbonyl (C=O) groups is 2. The van der Waals surface area contributed by atoms with Crippen molar-refractivity contribution in [3.8, 4) is 0 Å². The Bertz CT molecular complexity index is 241. The van der Waals surface area contributed by atoms with Crippen molar-refractivity contribution in [3.63, 3.8) is 0 Å². The van der Waals surface area contributed by atoms with E-state index in [0.29, 0.717) is 0 Å². The lowest BCUT2D eigenvalue weighted by Crippen LogP contribution is -2.36. The average molecular weight is 348 g/mol. The Morgan fingerprint density at radius 1 is 0.783 bits per heavy atom. The topological polar surface area (TPSA) is 239 Å². The molecule has 0 amide bonds. The Hall–Kier alpha value is -1.34. The van der Waals surface area contributed by atoms with Gasteiger partial charge in [-0.2, -0.15) is 0 Å². The summed E-state index contributed by atoms with van der Waals surface area (Å²) in [6.07, 6.45) is 1.63. The van der Waals surface area contributed by atoms with Crippen molar-refractivity contribution in [2.75, 3.05) is 0 Å². The number of aliphatic carboxylic acids is 2. The van der Waals surface area contributed by atoms with E-state index in [1.165, 1.54) is 0 Å². The van der Waals surface area contributed by atoms with Gasteiger partial charge in [0.2, 0.25) is 0 Å². The van der Waals surface area contributed by atoms with Crippen molar-refractivity contribution in [2.45, 2.75) is 52.6 Å². The van der Waals surface area contributed by atoms with Crippen LogP contribution in [0.5, 0.6) is 0 Å². The standard InChI is InChI=1S/2C6H13NO2.2H2O2.H2O/c2*1-3-4(2)5(7)6(8)9;2*1-2;/h2*4-5H,3,7H2,1-2H3,(H,8,9);2*1-2H;1H2/t2*4-,5-;;;/m00.../s1. The van der Waals surface area contributed by atoms with E-state index >= 15 is 0 Å². The smallest absolute Gasteiger partial charge is 0.320 e. The number of carboxylic acids is 2. The lowest BCUT2D eigenvalue weighted by Gasteiger charge is -2.11. The van der Waals surface area contributed by atoms with Crippen molar-refractivity contribution < 1.29 is 46.3 Å². The highest BCUT2D eigenvalue weighted by molar-refractivity contribution is 5.73. The molecule has 0 saturated carbocycles. The van der Waals surface area contributed by atoms with Gasteiger partial charge in [0.25, 0.3) is 0 Å². The minimum absolute atomic E-state index is 0. The summed E-state index contributed by atoms with van der Waals surface area (Å²) < 4.78 is 0. The van der Waals surface area contributed by atoms with E-state index in [4.69, 9.17) is 42.7 Å². The quantitative estimate of drug-likeness (QED) is 0.237. The molecule has 0 aliphatic carbocycles. The zero-order valence-corrected chi connectivity index (χ0v) is 13.9. The van der Waals surface area contributed by atoms with Gasteiger partial charge >= 0.3 is 11.9 Å². The van der Waals surface area contributed by atoms with Crippen LogP contribution in [-0.4, -0.2) is 60.7 Å². The van der Waals surface area contributed by atoms with Crippen LogP contribution < -0.4 is 11.5 Å². The van der Waals surface area contributed by atoms with Gasteiger partial charge in [-0.1, -0.05) is 40.5 Å². The normalized spacial score (nSPS) is 13.7. The third-order valence-electron chi connectivity index (χ3n) is 3.08. The van der Waals surface area contributed by atoms with Crippen molar-refractivity contribution in [2.24, 2.45) is 23.3 Å². The fraction of sp³-hybridized carbons (Fsp3) is 0.833. The summed E-state index contributed by atoms with van der Waals surface area (Å²) in [5.41, 5.74) is 10.5. The second-order valence-corrected chi connectivity index (χ2v) is 4.50. The van der Waals surface area contributed by atoms with Crippen LogP contribution in [0.3, 0.4) is 0 Å². The number of nitrogens with two attached hydrogens (primary N) is 2. The van der Waals surface area contributed by atoms with Crippen LogP contribution in [0.4, 0.5) is 0 Å². The molecule has 0 aliphatic heterocycles. The van der Waals surface area contributed by atoms with Gasteiger partial charge in [-0.05, 0) is 11.8 Å². The summed E-state index contributed by atoms with van der Waals surface area (Å²) >= 11 is 0. The number of carboxylic acid groups (broad SMARTS) is 2. The summed E-state index contributed by atoms with van der Waals surface area (Å²) in [6.45, 7) is 7.51. The van der Waals surface area contributed by atoms with E-state index in [-0.39, 0.29) is 17.3 Å². The lowest BCUT2D eigenvalue weighted by atomic mass is 10.0. The van der Waals surface area contributed by atoms with E-state index < -0.39 is 24.0 Å². The first kappa shape index (κ1) is 33.3. The SMILES string of the molecule is CC[C@H](C)[C@H](N)C(=O)O.CC[C@H](C)[C@H](N)C(=O)O.O.OO.OO. The van der Waals surface area contributed by atoms with Crippen LogP contribution in [0.2, 0.25) is 0 Å². The van der Waals surface area contributed by atoms with Crippen LogP contribution in [0.15, 0.2) is 0 Å². The summed E-state index contributed by atoms with van der Waals surface area (Å²) in [5, 5.41) is 40.7. The molecule has 0 fully saturated rings. The minimum Gasteiger partial charge on any atom is -0.480 e. The molecule has 0 aliphatic rings. The van der Waals surface area contributed by atoms with Gasteiger partial charge in [-0.15, -0.1) is 0 Å². The first-order valence-electron chi connectivity index (χ1n) is 6.55. The Morgan fingerprint density at radius 3 is 1.00 bits per heavy atom. The molecule has 23 heavy (non-hydrogen) atoms. The molecule has 0 unspecified atom stereocenters. The molecule has 144 valence electrons. The van der Waals surface area contributed by atoms with Gasteiger partial charge in [0.05, 0.1) is 0 Å². The summed E-state index contributed by atoms with van der Waals surface area (Å²) in [4.78, 5) is 20.3. The number of rotatable bonds is 6. The van der Waals surface area contributed by atoms with Gasteiger partial charge in [0, 0.05) is 0 Å². The molecule has 12 N–H and O–H groups in total. The number of hydrogen-bond acceptors (Lipinski definition) is 8. The van der Waals surface area contributed by atoms with Crippen molar-refractivity contribution >= 4 is 11.9 Å². The maximum absolute atomic E-state index is 10.2. The molecular formula is C12H32N2O9. The Kier molecular flexibility index (Phi) is 33.2. The molecular weight excluding hydrogens is 316 g/mol. The Balaban J connectivity index is -0.0000000743. The zero-order chi connectivity index (χ0) is 18.9. The van der Waals surface area contributed by atoms with Crippen LogP contribution in [0.1, 0.15) is 40.5 Å². The minimum atomic E-state index is -0.913. The summed E-state index contributed by atoms with van der Waals surface area (Å²) in [6, 6.07) is -1.40. The third kappa shape index (κ3) is 20.7. The predicted octanol–water partition coefficient (Wildman–Crippen LogP) is 0.0989. The highest BCUT2D eigenvalue weighted by Gasteiger charge is 2.17. The Labute approximate surface area is 135 Å². The molecule has 0 rings (SSSR count). The molecule has 0 aromatic rings. The molecule has 11 nitrogen and oxygen atoms in total. The van der Waals surface area contributed by atoms with Crippen molar-refractivity contribution in [1.82, 2.24) is 0 Å². The second kappa shape index (κ2) is 22.9. The molecule has 0 aromatic carbocycles. The molecule has 0 aromatic heterocycles. The highest BCUT2D eigenvalue weighted by Crippen LogP contribution is 2.04.